The summed E-state index contributed by atoms with van der Waals surface area (Å²) in [5, 5.41) is 8.10. The lowest BCUT2D eigenvalue weighted by molar-refractivity contribution is -0.148. The normalized spacial score (nSPS) is 21.4. The number of sulfonamides is 1. The topological polar surface area (TPSA) is 83.9 Å². The van der Waals surface area contributed by atoms with Crippen molar-refractivity contribution >= 4 is 16.0 Å². The number of carboxylic acid groups (broad SMARTS) is 1. The van der Waals surface area contributed by atoms with Gasteiger partial charge >= 0.3 is 5.97 Å². The quantitative estimate of drug-likeness (QED) is 0.654. The lowest BCUT2D eigenvalue weighted by Gasteiger charge is -2.38. The zero-order valence-corrected chi connectivity index (χ0v) is 19.0. The molecule has 0 amide bonds. The first-order chi connectivity index (χ1) is 14.9. The molecular formula is C23H27F2NO5S. The number of nitrogens with zero attached hydrogens (tertiary/aromatic N) is 1. The Morgan fingerprint density at radius 3 is 2.47 bits per heavy atom. The molecule has 6 nitrogen and oxygen atoms in total. The molecule has 1 heterocycles. The van der Waals surface area contributed by atoms with Crippen molar-refractivity contribution in [3.63, 3.8) is 0 Å². The minimum Gasteiger partial charge on any atom is -0.480 e. The van der Waals surface area contributed by atoms with Gasteiger partial charge in [0.25, 0.3) is 0 Å². The van der Waals surface area contributed by atoms with Crippen molar-refractivity contribution in [2.24, 2.45) is 0 Å². The Hall–Kier alpha value is -2.36. The van der Waals surface area contributed by atoms with Crippen LogP contribution in [-0.2, 0) is 31.7 Å². The van der Waals surface area contributed by atoms with Gasteiger partial charge in [-0.2, -0.15) is 4.31 Å². The van der Waals surface area contributed by atoms with E-state index in [9.17, 15) is 17.6 Å². The Morgan fingerprint density at radius 1 is 1.19 bits per heavy atom. The Kier molecular flexibility index (Phi) is 7.02. The molecule has 1 N–H and O–H groups in total. The number of halogens is 2. The summed E-state index contributed by atoms with van der Waals surface area (Å²) in [4.78, 5) is 10.8. The van der Waals surface area contributed by atoms with Crippen molar-refractivity contribution < 1.29 is 31.8 Å². The van der Waals surface area contributed by atoms with Gasteiger partial charge in [-0.05, 0) is 51.3 Å². The third-order valence-corrected chi connectivity index (χ3v) is 8.21. The van der Waals surface area contributed by atoms with Crippen molar-refractivity contribution in [3.8, 4) is 0 Å². The lowest BCUT2D eigenvalue weighted by Crippen LogP contribution is -2.45. The monoisotopic (exact) mass is 467 g/mol. The molecule has 2 aromatic rings. The first kappa shape index (κ1) is 24.3. The highest BCUT2D eigenvalue weighted by molar-refractivity contribution is 7.89. The van der Waals surface area contributed by atoms with Crippen LogP contribution in [0.4, 0.5) is 8.78 Å². The van der Waals surface area contributed by atoms with Crippen LogP contribution in [0.5, 0.6) is 0 Å². The Bertz CT molecular complexity index is 1090. The molecule has 0 aliphatic carbocycles. The van der Waals surface area contributed by atoms with Crippen LogP contribution in [-0.4, -0.2) is 36.4 Å². The minimum absolute atomic E-state index is 0.129. The Morgan fingerprint density at radius 2 is 1.84 bits per heavy atom. The standard InChI is InChI=1S/C23H27F2NO5S/c1-15-9-10-20(16-7-5-4-6-8-16)32(29,30)26(15)13-17-11-18(24)12-19(22(17)25)23(2,3)31-14-21(27)28/h4-8,11-12,15,20H,9-10,13-14H2,1-3H3,(H,27,28)/t15-,20+/m0/s1. The fraction of sp³-hybridized carbons (Fsp3) is 0.435. The van der Waals surface area contributed by atoms with Gasteiger partial charge in [-0.3, -0.25) is 0 Å². The third kappa shape index (κ3) is 5.00. The van der Waals surface area contributed by atoms with Gasteiger partial charge < -0.3 is 9.84 Å². The highest BCUT2D eigenvalue weighted by atomic mass is 32.2. The Labute approximate surface area is 186 Å². The summed E-state index contributed by atoms with van der Waals surface area (Å²) in [5.41, 5.74) is -1.07. The second-order valence-electron chi connectivity index (χ2n) is 8.54. The fourth-order valence-electron chi connectivity index (χ4n) is 4.04. The molecular weight excluding hydrogens is 440 g/mol. The van der Waals surface area contributed by atoms with Crippen LogP contribution in [0.15, 0.2) is 42.5 Å². The molecule has 0 aromatic heterocycles. The van der Waals surface area contributed by atoms with Gasteiger partial charge in [0, 0.05) is 23.7 Å². The maximum absolute atomic E-state index is 15.4. The van der Waals surface area contributed by atoms with E-state index in [2.05, 4.69) is 0 Å². The lowest BCUT2D eigenvalue weighted by atomic mass is 9.94. The maximum Gasteiger partial charge on any atom is 0.329 e. The number of carboxylic acids is 1. The fourth-order valence-corrected chi connectivity index (χ4v) is 6.23. The summed E-state index contributed by atoms with van der Waals surface area (Å²) in [6, 6.07) is 10.4. The molecule has 2 atom stereocenters. The molecule has 0 radical (unpaired) electrons. The van der Waals surface area contributed by atoms with E-state index >= 15 is 4.39 Å². The van der Waals surface area contributed by atoms with E-state index in [-0.39, 0.29) is 23.7 Å². The van der Waals surface area contributed by atoms with E-state index in [0.29, 0.717) is 18.4 Å². The first-order valence-electron chi connectivity index (χ1n) is 10.3. The van der Waals surface area contributed by atoms with Gasteiger partial charge in [0.05, 0.1) is 5.60 Å². The minimum atomic E-state index is -3.83. The van der Waals surface area contributed by atoms with Gasteiger partial charge in [0.15, 0.2) is 0 Å². The van der Waals surface area contributed by atoms with Crippen LogP contribution in [0.1, 0.15) is 55.6 Å². The van der Waals surface area contributed by atoms with Crippen LogP contribution in [0.25, 0.3) is 0 Å². The van der Waals surface area contributed by atoms with Gasteiger partial charge in [0.2, 0.25) is 10.0 Å². The van der Waals surface area contributed by atoms with E-state index in [1.807, 2.05) is 0 Å². The van der Waals surface area contributed by atoms with Crippen LogP contribution in [0.2, 0.25) is 0 Å². The van der Waals surface area contributed by atoms with Crippen molar-refractivity contribution in [1.29, 1.82) is 0 Å². The zero-order valence-electron chi connectivity index (χ0n) is 18.2. The van der Waals surface area contributed by atoms with E-state index in [4.69, 9.17) is 9.84 Å². The number of ether oxygens (including phenoxy) is 1. The smallest absolute Gasteiger partial charge is 0.329 e. The van der Waals surface area contributed by atoms with Crippen LogP contribution >= 0.6 is 0 Å². The number of aliphatic carboxylic acids is 1. The molecule has 32 heavy (non-hydrogen) atoms. The van der Waals surface area contributed by atoms with Gasteiger partial charge in [-0.1, -0.05) is 30.3 Å². The second-order valence-corrected chi connectivity index (χ2v) is 10.6. The maximum atomic E-state index is 15.4. The van der Waals surface area contributed by atoms with E-state index in [1.54, 1.807) is 37.3 Å². The summed E-state index contributed by atoms with van der Waals surface area (Å²) in [7, 11) is -3.83. The summed E-state index contributed by atoms with van der Waals surface area (Å²) < 4.78 is 63.1. The molecule has 2 aromatic carbocycles. The SMILES string of the molecule is C[C@H]1CC[C@H](c2ccccc2)S(=O)(=O)N1Cc1cc(F)cc(C(C)(C)OCC(=O)O)c1F. The number of benzene rings is 2. The second kappa shape index (κ2) is 9.25. The first-order valence-corrected chi connectivity index (χ1v) is 11.8. The molecule has 0 unspecified atom stereocenters. The average Bonchev–Trinajstić information content (AvgIpc) is 2.72. The van der Waals surface area contributed by atoms with E-state index in [1.165, 1.54) is 18.2 Å². The molecule has 174 valence electrons. The molecule has 0 saturated carbocycles. The van der Waals surface area contributed by atoms with Crippen molar-refractivity contribution in [2.75, 3.05) is 6.61 Å². The van der Waals surface area contributed by atoms with Crippen molar-refractivity contribution in [3.05, 3.63) is 70.8 Å². The average molecular weight is 468 g/mol. The van der Waals surface area contributed by atoms with Gasteiger partial charge in [-0.25, -0.2) is 22.0 Å². The highest BCUT2D eigenvalue weighted by Crippen LogP contribution is 2.39. The Balaban J connectivity index is 1.96. The molecule has 0 bridgehead atoms. The molecule has 3 rings (SSSR count). The van der Waals surface area contributed by atoms with Gasteiger partial charge in [-0.15, -0.1) is 0 Å². The summed E-state index contributed by atoms with van der Waals surface area (Å²) in [6.45, 7) is 3.59. The molecule has 1 saturated heterocycles. The molecule has 1 aliphatic rings. The number of hydrogen-bond acceptors (Lipinski definition) is 4. The number of hydrogen-bond donors (Lipinski definition) is 1. The number of carbonyl (C=O) groups is 1. The third-order valence-electron chi connectivity index (χ3n) is 5.84. The molecule has 1 fully saturated rings. The molecule has 1 aliphatic heterocycles. The zero-order chi connectivity index (χ0) is 23.7. The summed E-state index contributed by atoms with van der Waals surface area (Å²) in [5.74, 6) is -2.81. The highest BCUT2D eigenvalue weighted by Gasteiger charge is 2.41. The molecule has 0 spiro atoms. The van der Waals surface area contributed by atoms with E-state index < -0.39 is 45.1 Å². The predicted octanol–water partition coefficient (Wildman–Crippen LogP) is 4.36. The van der Waals surface area contributed by atoms with Crippen LogP contribution in [0, 0.1) is 11.6 Å². The summed E-state index contributed by atoms with van der Waals surface area (Å²) in [6.07, 6.45) is 1.02. The van der Waals surface area contributed by atoms with Crippen LogP contribution < -0.4 is 0 Å². The van der Waals surface area contributed by atoms with Crippen molar-refractivity contribution in [2.45, 2.75) is 57.1 Å². The van der Waals surface area contributed by atoms with Gasteiger partial charge in [0.1, 0.15) is 23.5 Å². The van der Waals surface area contributed by atoms with Crippen LogP contribution in [0.3, 0.4) is 0 Å². The van der Waals surface area contributed by atoms with E-state index in [0.717, 1.165) is 12.1 Å². The predicted molar refractivity (Wildman–Crippen MR) is 115 cm³/mol. The summed E-state index contributed by atoms with van der Waals surface area (Å²) >= 11 is 0. The molecule has 9 heteroatoms. The number of rotatable bonds is 7. The largest absolute Gasteiger partial charge is 0.480 e. The van der Waals surface area contributed by atoms with Crippen molar-refractivity contribution in [1.82, 2.24) is 4.31 Å².